The van der Waals surface area contributed by atoms with Crippen LogP contribution in [-0.4, -0.2) is 32.1 Å². The van der Waals surface area contributed by atoms with Crippen molar-refractivity contribution in [1.82, 2.24) is 0 Å². The topological polar surface area (TPSA) is 44.8 Å². The molecule has 1 saturated heterocycles. The molecule has 0 bridgehead atoms. The Bertz CT molecular complexity index is 280. The van der Waals surface area contributed by atoms with E-state index in [1.54, 1.807) is 19.9 Å². The van der Waals surface area contributed by atoms with Crippen molar-refractivity contribution in [3.05, 3.63) is 17.4 Å². The first-order chi connectivity index (χ1) is 6.57. The highest BCUT2D eigenvalue weighted by atomic mass is 16.7. The van der Waals surface area contributed by atoms with Gasteiger partial charge in [-0.25, -0.2) is 4.79 Å². The third kappa shape index (κ3) is 2.70. The van der Waals surface area contributed by atoms with E-state index in [4.69, 9.17) is 9.47 Å². The lowest BCUT2D eigenvalue weighted by Crippen LogP contribution is -2.21. The van der Waals surface area contributed by atoms with E-state index in [0.29, 0.717) is 18.8 Å². The van der Waals surface area contributed by atoms with Crippen LogP contribution >= 0.6 is 0 Å². The van der Waals surface area contributed by atoms with Crippen molar-refractivity contribution in [2.24, 2.45) is 0 Å². The van der Waals surface area contributed by atoms with Crippen LogP contribution in [0.5, 0.6) is 0 Å². The fourth-order valence-corrected chi connectivity index (χ4v) is 1.07. The van der Waals surface area contributed by atoms with Crippen LogP contribution in [0.2, 0.25) is 0 Å². The van der Waals surface area contributed by atoms with Crippen molar-refractivity contribution in [1.29, 1.82) is 0 Å². The van der Waals surface area contributed by atoms with Crippen LogP contribution in [0.25, 0.3) is 0 Å². The van der Waals surface area contributed by atoms with Gasteiger partial charge in [0, 0.05) is 6.08 Å². The fourth-order valence-electron chi connectivity index (χ4n) is 1.07. The zero-order valence-electron chi connectivity index (χ0n) is 8.62. The number of methoxy groups -OCH3 is 1. The standard InChI is InChI=1S/C10H14O4/c1-8(9(11)12-3)4-5-10(2)13-6-7-14-10/h5H,6-7H2,1-3H3. The van der Waals surface area contributed by atoms with Crippen LogP contribution < -0.4 is 0 Å². The van der Waals surface area contributed by atoms with Crippen LogP contribution in [0.15, 0.2) is 17.4 Å². The average Bonchev–Trinajstić information content (AvgIpc) is 2.61. The fraction of sp³-hybridized carbons (Fsp3) is 0.600. The number of carbonyl (C=O) groups is 1. The van der Waals surface area contributed by atoms with Crippen LogP contribution in [0.3, 0.4) is 0 Å². The molecule has 0 aliphatic carbocycles. The van der Waals surface area contributed by atoms with E-state index in [2.05, 4.69) is 10.5 Å². The Morgan fingerprint density at radius 2 is 2.07 bits per heavy atom. The van der Waals surface area contributed by atoms with Gasteiger partial charge in [0.05, 0.1) is 25.9 Å². The molecular weight excluding hydrogens is 184 g/mol. The third-order valence-electron chi connectivity index (χ3n) is 1.90. The molecule has 4 nitrogen and oxygen atoms in total. The van der Waals surface area contributed by atoms with E-state index < -0.39 is 11.8 Å². The zero-order valence-corrected chi connectivity index (χ0v) is 8.62. The Labute approximate surface area is 83.1 Å². The number of rotatable bonds is 2. The third-order valence-corrected chi connectivity index (χ3v) is 1.90. The summed E-state index contributed by atoms with van der Waals surface area (Å²) in [7, 11) is 1.33. The first-order valence-electron chi connectivity index (χ1n) is 4.38. The molecule has 0 amide bonds. The van der Waals surface area contributed by atoms with E-state index in [9.17, 15) is 4.79 Å². The van der Waals surface area contributed by atoms with E-state index in [-0.39, 0.29) is 0 Å². The second-order valence-corrected chi connectivity index (χ2v) is 3.12. The molecule has 1 heterocycles. The summed E-state index contributed by atoms with van der Waals surface area (Å²) in [6.07, 6.45) is 1.59. The lowest BCUT2D eigenvalue weighted by molar-refractivity contribution is -0.136. The molecule has 1 aliphatic heterocycles. The molecular formula is C10H14O4. The molecule has 1 rings (SSSR count). The van der Waals surface area contributed by atoms with Crippen molar-refractivity contribution < 1.29 is 19.0 Å². The van der Waals surface area contributed by atoms with E-state index in [1.807, 2.05) is 0 Å². The summed E-state index contributed by atoms with van der Waals surface area (Å²) in [6, 6.07) is 0. The average molecular weight is 198 g/mol. The summed E-state index contributed by atoms with van der Waals surface area (Å²) >= 11 is 0. The minimum atomic E-state index is -0.755. The van der Waals surface area contributed by atoms with Crippen LogP contribution in [0, 0.1) is 0 Å². The Hall–Kier alpha value is -1.09. The lowest BCUT2D eigenvalue weighted by Gasteiger charge is -2.15. The Morgan fingerprint density at radius 3 is 2.57 bits per heavy atom. The molecule has 0 unspecified atom stereocenters. The molecule has 0 aromatic heterocycles. The Morgan fingerprint density at radius 1 is 1.50 bits per heavy atom. The summed E-state index contributed by atoms with van der Waals surface area (Å²) in [5.74, 6) is -1.15. The van der Waals surface area contributed by atoms with Gasteiger partial charge in [0.25, 0.3) is 0 Å². The molecule has 0 aromatic rings. The van der Waals surface area contributed by atoms with Crippen molar-refractivity contribution in [2.45, 2.75) is 19.6 Å². The number of esters is 1. The minimum absolute atomic E-state index is 0.396. The molecule has 0 atom stereocenters. The molecule has 14 heavy (non-hydrogen) atoms. The van der Waals surface area contributed by atoms with Gasteiger partial charge < -0.3 is 14.2 Å². The summed E-state index contributed by atoms with van der Waals surface area (Å²) in [5.41, 5.74) is 3.18. The molecule has 0 aromatic carbocycles. The first kappa shape index (κ1) is 11.0. The molecule has 0 spiro atoms. The van der Waals surface area contributed by atoms with E-state index in [0.717, 1.165) is 0 Å². The van der Waals surface area contributed by atoms with Gasteiger partial charge in [0.15, 0.2) is 5.79 Å². The monoisotopic (exact) mass is 198 g/mol. The molecule has 1 fully saturated rings. The SMILES string of the molecule is COC(=O)C(C)=C=CC1(C)OCCO1. The minimum Gasteiger partial charge on any atom is -0.465 e. The van der Waals surface area contributed by atoms with Gasteiger partial charge in [0.1, 0.15) is 0 Å². The highest BCUT2D eigenvalue weighted by molar-refractivity contribution is 5.87. The van der Waals surface area contributed by atoms with Gasteiger partial charge in [-0.1, -0.05) is 0 Å². The maximum absolute atomic E-state index is 11.0. The van der Waals surface area contributed by atoms with Gasteiger partial charge >= 0.3 is 5.97 Å². The Kier molecular flexibility index (Phi) is 3.47. The molecule has 0 radical (unpaired) electrons. The van der Waals surface area contributed by atoms with Gasteiger partial charge in [0.2, 0.25) is 0 Å². The lowest BCUT2D eigenvalue weighted by atomic mass is 10.2. The molecule has 1 aliphatic rings. The normalized spacial score (nSPS) is 18.5. The second-order valence-electron chi connectivity index (χ2n) is 3.12. The predicted molar refractivity (Wildman–Crippen MR) is 49.6 cm³/mol. The van der Waals surface area contributed by atoms with Crippen molar-refractivity contribution in [3.8, 4) is 0 Å². The molecule has 78 valence electrons. The van der Waals surface area contributed by atoms with Gasteiger partial charge in [-0.15, -0.1) is 5.73 Å². The van der Waals surface area contributed by atoms with Gasteiger partial charge in [-0.3, -0.25) is 0 Å². The number of hydrogen-bond acceptors (Lipinski definition) is 4. The number of hydrogen-bond donors (Lipinski definition) is 0. The highest BCUT2D eigenvalue weighted by Gasteiger charge is 2.27. The molecule has 0 saturated carbocycles. The summed E-state index contributed by atoms with van der Waals surface area (Å²) < 4.78 is 15.1. The number of carbonyl (C=O) groups excluding carboxylic acids is 1. The van der Waals surface area contributed by atoms with Crippen LogP contribution in [0.4, 0.5) is 0 Å². The van der Waals surface area contributed by atoms with E-state index in [1.165, 1.54) is 7.11 Å². The van der Waals surface area contributed by atoms with Crippen molar-refractivity contribution in [3.63, 3.8) is 0 Å². The van der Waals surface area contributed by atoms with Gasteiger partial charge in [-0.05, 0) is 13.8 Å². The summed E-state index contributed by atoms with van der Waals surface area (Å²) in [6.45, 7) is 4.52. The zero-order chi connectivity index (χ0) is 10.6. The van der Waals surface area contributed by atoms with E-state index >= 15 is 0 Å². The largest absolute Gasteiger partial charge is 0.465 e. The highest BCUT2D eigenvalue weighted by Crippen LogP contribution is 2.19. The smallest absolute Gasteiger partial charge is 0.341 e. The molecule has 4 heteroatoms. The second kappa shape index (κ2) is 4.42. The number of ether oxygens (including phenoxy) is 3. The molecule has 0 N–H and O–H groups in total. The quantitative estimate of drug-likeness (QED) is 0.377. The maximum Gasteiger partial charge on any atom is 0.341 e. The summed E-state index contributed by atoms with van der Waals surface area (Å²) in [5, 5.41) is 0. The van der Waals surface area contributed by atoms with Gasteiger partial charge in [-0.2, -0.15) is 0 Å². The van der Waals surface area contributed by atoms with Crippen LogP contribution in [-0.2, 0) is 19.0 Å². The first-order valence-corrected chi connectivity index (χ1v) is 4.38. The van der Waals surface area contributed by atoms with Crippen molar-refractivity contribution in [2.75, 3.05) is 20.3 Å². The Balaban J connectivity index is 2.74. The van der Waals surface area contributed by atoms with Crippen LogP contribution in [0.1, 0.15) is 13.8 Å². The summed E-state index contributed by atoms with van der Waals surface area (Å²) in [4.78, 5) is 11.0. The predicted octanol–water partition coefficient (Wildman–Crippen LogP) is 1.02. The maximum atomic E-state index is 11.0. The van der Waals surface area contributed by atoms with Crippen molar-refractivity contribution >= 4 is 5.97 Å².